The summed E-state index contributed by atoms with van der Waals surface area (Å²) < 4.78 is 0. The van der Waals surface area contributed by atoms with Crippen LogP contribution >= 0.6 is 0 Å². The Kier molecular flexibility index (Phi) is 2.64. The summed E-state index contributed by atoms with van der Waals surface area (Å²) in [5, 5.41) is 2.69. The maximum Gasteiger partial charge on any atom is -0.0103 e. The van der Waals surface area contributed by atoms with Crippen molar-refractivity contribution in [3.63, 3.8) is 0 Å². The van der Waals surface area contributed by atoms with E-state index in [2.05, 4.69) is 74.5 Å². The Hall–Kier alpha value is -2.08. The number of fused-ring (bicyclic) bond motifs is 1. The van der Waals surface area contributed by atoms with E-state index in [1.807, 2.05) is 0 Å². The van der Waals surface area contributed by atoms with Crippen LogP contribution in [0.3, 0.4) is 0 Å². The monoisotopic (exact) mass is 232 g/mol. The molecule has 3 rings (SSSR count). The van der Waals surface area contributed by atoms with Crippen molar-refractivity contribution in [3.8, 4) is 11.1 Å². The van der Waals surface area contributed by atoms with Crippen LogP contribution in [0, 0.1) is 13.8 Å². The van der Waals surface area contributed by atoms with Gasteiger partial charge in [-0.1, -0.05) is 60.7 Å². The van der Waals surface area contributed by atoms with Crippen molar-refractivity contribution in [2.45, 2.75) is 13.8 Å². The molecule has 88 valence electrons. The van der Waals surface area contributed by atoms with Gasteiger partial charge in [-0.2, -0.15) is 0 Å². The van der Waals surface area contributed by atoms with Gasteiger partial charge in [0.25, 0.3) is 0 Å². The van der Waals surface area contributed by atoms with Crippen molar-refractivity contribution in [1.29, 1.82) is 0 Å². The third kappa shape index (κ3) is 1.70. The van der Waals surface area contributed by atoms with Crippen LogP contribution in [0.2, 0.25) is 0 Å². The van der Waals surface area contributed by atoms with E-state index in [1.54, 1.807) is 0 Å². The third-order valence-corrected chi connectivity index (χ3v) is 3.58. The quantitative estimate of drug-likeness (QED) is 0.546. The van der Waals surface area contributed by atoms with E-state index in [9.17, 15) is 0 Å². The van der Waals surface area contributed by atoms with Gasteiger partial charge < -0.3 is 0 Å². The van der Waals surface area contributed by atoms with E-state index in [-0.39, 0.29) is 0 Å². The molecule has 0 radical (unpaired) electrons. The van der Waals surface area contributed by atoms with Gasteiger partial charge >= 0.3 is 0 Å². The topological polar surface area (TPSA) is 0 Å². The highest BCUT2D eigenvalue weighted by molar-refractivity contribution is 5.98. The summed E-state index contributed by atoms with van der Waals surface area (Å²) in [7, 11) is 0. The first-order valence-corrected chi connectivity index (χ1v) is 6.32. The van der Waals surface area contributed by atoms with Crippen LogP contribution in [0.25, 0.3) is 21.9 Å². The van der Waals surface area contributed by atoms with Crippen molar-refractivity contribution in [2.75, 3.05) is 0 Å². The minimum absolute atomic E-state index is 1.33. The molecule has 0 N–H and O–H groups in total. The van der Waals surface area contributed by atoms with Crippen molar-refractivity contribution in [2.24, 2.45) is 0 Å². The summed E-state index contributed by atoms with van der Waals surface area (Å²) in [5.41, 5.74) is 5.32. The Morgan fingerprint density at radius 2 is 1.11 bits per heavy atom. The van der Waals surface area contributed by atoms with E-state index in [1.165, 1.54) is 33.0 Å². The number of rotatable bonds is 1. The molecule has 0 heterocycles. The second kappa shape index (κ2) is 4.30. The molecular formula is C18H16. The molecule has 0 fully saturated rings. The number of benzene rings is 3. The van der Waals surface area contributed by atoms with Crippen LogP contribution in [0.5, 0.6) is 0 Å². The predicted octanol–water partition coefficient (Wildman–Crippen LogP) is 5.12. The van der Waals surface area contributed by atoms with Gasteiger partial charge in [-0.05, 0) is 46.9 Å². The van der Waals surface area contributed by atoms with Crippen LogP contribution in [-0.4, -0.2) is 0 Å². The van der Waals surface area contributed by atoms with Gasteiger partial charge in [0.1, 0.15) is 0 Å². The van der Waals surface area contributed by atoms with Gasteiger partial charge in [-0.3, -0.25) is 0 Å². The third-order valence-electron chi connectivity index (χ3n) is 3.58. The largest absolute Gasteiger partial charge is 0.0620 e. The van der Waals surface area contributed by atoms with Crippen molar-refractivity contribution >= 4 is 10.8 Å². The van der Waals surface area contributed by atoms with E-state index in [0.717, 1.165) is 0 Å². The molecule has 0 bridgehead atoms. The molecule has 18 heavy (non-hydrogen) atoms. The summed E-state index contributed by atoms with van der Waals surface area (Å²) in [6.45, 7) is 4.34. The zero-order valence-electron chi connectivity index (χ0n) is 10.8. The van der Waals surface area contributed by atoms with E-state index in [4.69, 9.17) is 0 Å². The van der Waals surface area contributed by atoms with Crippen LogP contribution in [0.4, 0.5) is 0 Å². The maximum absolute atomic E-state index is 2.21. The Morgan fingerprint density at radius 1 is 0.500 bits per heavy atom. The lowest BCUT2D eigenvalue weighted by atomic mass is 9.94. The molecule has 0 atom stereocenters. The molecule has 0 saturated carbocycles. The smallest absolute Gasteiger partial charge is 0.0103 e. The van der Waals surface area contributed by atoms with Crippen LogP contribution in [-0.2, 0) is 0 Å². The molecule has 0 heteroatoms. The molecule has 0 aliphatic rings. The van der Waals surface area contributed by atoms with Gasteiger partial charge in [-0.15, -0.1) is 0 Å². The number of aryl methyl sites for hydroxylation is 2. The molecule has 0 aromatic heterocycles. The fourth-order valence-electron chi connectivity index (χ4n) is 2.58. The fourth-order valence-corrected chi connectivity index (χ4v) is 2.58. The molecule has 3 aromatic rings. The van der Waals surface area contributed by atoms with Crippen LogP contribution in [0.15, 0.2) is 60.7 Å². The average molecular weight is 232 g/mol. The lowest BCUT2D eigenvalue weighted by Gasteiger charge is -2.10. The van der Waals surface area contributed by atoms with E-state index < -0.39 is 0 Å². The highest BCUT2D eigenvalue weighted by Gasteiger charge is 2.06. The molecule has 0 unspecified atom stereocenters. The van der Waals surface area contributed by atoms with Gasteiger partial charge in [0.2, 0.25) is 0 Å². The standard InChI is InChI=1S/C18H16/c1-13-7-3-4-9-15(13)18-12-6-10-16-14(2)8-5-11-17(16)18/h3-12H,1-2H3. The summed E-state index contributed by atoms with van der Waals surface area (Å²) in [6, 6.07) is 21.7. The number of hydrogen-bond donors (Lipinski definition) is 0. The maximum atomic E-state index is 2.21. The Bertz CT molecular complexity index is 708. The molecule has 3 aromatic carbocycles. The Labute approximate surface area is 108 Å². The van der Waals surface area contributed by atoms with Crippen molar-refractivity contribution in [3.05, 3.63) is 71.8 Å². The van der Waals surface area contributed by atoms with E-state index >= 15 is 0 Å². The fraction of sp³-hybridized carbons (Fsp3) is 0.111. The first-order valence-electron chi connectivity index (χ1n) is 6.32. The highest BCUT2D eigenvalue weighted by atomic mass is 14.1. The minimum atomic E-state index is 1.33. The zero-order valence-corrected chi connectivity index (χ0v) is 10.8. The molecule has 0 saturated heterocycles. The molecule has 0 nitrogen and oxygen atoms in total. The van der Waals surface area contributed by atoms with Crippen LogP contribution in [0.1, 0.15) is 11.1 Å². The van der Waals surface area contributed by atoms with Gasteiger partial charge in [0, 0.05) is 0 Å². The first-order chi connectivity index (χ1) is 8.77. The van der Waals surface area contributed by atoms with Gasteiger partial charge in [0.15, 0.2) is 0 Å². The Balaban J connectivity index is 2.37. The predicted molar refractivity (Wildman–Crippen MR) is 78.9 cm³/mol. The molecule has 0 spiro atoms. The normalized spacial score (nSPS) is 10.8. The van der Waals surface area contributed by atoms with Gasteiger partial charge in [0.05, 0.1) is 0 Å². The molecular weight excluding hydrogens is 216 g/mol. The molecule has 0 amide bonds. The molecule has 0 aliphatic heterocycles. The number of hydrogen-bond acceptors (Lipinski definition) is 0. The summed E-state index contributed by atoms with van der Waals surface area (Å²) in [5.74, 6) is 0. The minimum Gasteiger partial charge on any atom is -0.0620 e. The average Bonchev–Trinajstić information content (AvgIpc) is 2.40. The summed E-state index contributed by atoms with van der Waals surface area (Å²) >= 11 is 0. The van der Waals surface area contributed by atoms with Crippen molar-refractivity contribution in [1.82, 2.24) is 0 Å². The van der Waals surface area contributed by atoms with Crippen molar-refractivity contribution < 1.29 is 0 Å². The first kappa shape index (κ1) is 11.0. The summed E-state index contributed by atoms with van der Waals surface area (Å²) in [6.07, 6.45) is 0. The Morgan fingerprint density at radius 3 is 1.94 bits per heavy atom. The van der Waals surface area contributed by atoms with Gasteiger partial charge in [-0.25, -0.2) is 0 Å². The zero-order chi connectivity index (χ0) is 12.5. The highest BCUT2D eigenvalue weighted by Crippen LogP contribution is 2.31. The van der Waals surface area contributed by atoms with Crippen LogP contribution < -0.4 is 0 Å². The van der Waals surface area contributed by atoms with E-state index in [0.29, 0.717) is 0 Å². The lowest BCUT2D eigenvalue weighted by molar-refractivity contribution is 1.46. The summed E-state index contributed by atoms with van der Waals surface area (Å²) in [4.78, 5) is 0. The second-order valence-corrected chi connectivity index (χ2v) is 4.79. The lowest BCUT2D eigenvalue weighted by Crippen LogP contribution is -1.86. The second-order valence-electron chi connectivity index (χ2n) is 4.79. The molecule has 0 aliphatic carbocycles. The SMILES string of the molecule is Cc1ccccc1-c1cccc2c(C)cccc12.